The number of nitrogens with one attached hydrogen (secondary N) is 2. The summed E-state index contributed by atoms with van der Waals surface area (Å²) in [6.45, 7) is 7.20. The highest BCUT2D eigenvalue weighted by Gasteiger charge is 2.37. The van der Waals surface area contributed by atoms with Crippen LogP contribution in [-0.2, 0) is 20.7 Å². The molecule has 0 radical (unpaired) electrons. The molecule has 0 spiro atoms. The number of nitrogens with zero attached hydrogens (tertiary/aromatic N) is 1. The van der Waals surface area contributed by atoms with E-state index in [4.69, 9.17) is 4.74 Å². The second-order valence-corrected chi connectivity index (χ2v) is 10.2. The van der Waals surface area contributed by atoms with Gasteiger partial charge in [0.25, 0.3) is 0 Å². The van der Waals surface area contributed by atoms with Gasteiger partial charge in [0.15, 0.2) is 5.78 Å². The van der Waals surface area contributed by atoms with Gasteiger partial charge in [0.2, 0.25) is 11.8 Å². The van der Waals surface area contributed by atoms with Gasteiger partial charge in [-0.05, 0) is 58.2 Å². The van der Waals surface area contributed by atoms with E-state index in [1.54, 1.807) is 63.2 Å². The van der Waals surface area contributed by atoms with Crippen molar-refractivity contribution < 1.29 is 29.0 Å². The van der Waals surface area contributed by atoms with Crippen LogP contribution < -0.4 is 10.6 Å². The number of amides is 3. The number of ether oxygens (including phenoxy) is 1. The molecule has 37 heavy (non-hydrogen) atoms. The summed E-state index contributed by atoms with van der Waals surface area (Å²) in [7, 11) is 0. The van der Waals surface area contributed by atoms with E-state index in [9.17, 15) is 24.3 Å². The average Bonchev–Trinajstić information content (AvgIpc) is 3.34. The molecule has 9 nitrogen and oxygen atoms in total. The first-order valence-corrected chi connectivity index (χ1v) is 12.4. The predicted octanol–water partition coefficient (Wildman–Crippen LogP) is 3.21. The Kier molecular flexibility index (Phi) is 8.91. The van der Waals surface area contributed by atoms with Gasteiger partial charge in [-0.1, -0.05) is 42.5 Å². The van der Waals surface area contributed by atoms with Gasteiger partial charge in [-0.15, -0.1) is 0 Å². The topological polar surface area (TPSA) is 125 Å². The molecule has 3 unspecified atom stereocenters. The number of benzene rings is 2. The van der Waals surface area contributed by atoms with E-state index in [2.05, 4.69) is 10.6 Å². The number of hydrogen-bond acceptors (Lipinski definition) is 6. The lowest BCUT2D eigenvalue weighted by Gasteiger charge is -2.28. The maximum Gasteiger partial charge on any atom is 0.410 e. The summed E-state index contributed by atoms with van der Waals surface area (Å²) < 4.78 is 5.41. The fraction of sp³-hybridized carbons (Fsp3) is 0.429. The molecule has 3 amide bonds. The highest BCUT2D eigenvalue weighted by Crippen LogP contribution is 2.21. The zero-order chi connectivity index (χ0) is 27.2. The molecule has 2 aromatic carbocycles. The van der Waals surface area contributed by atoms with Crippen molar-refractivity contribution in [1.82, 2.24) is 15.5 Å². The molecule has 0 saturated carbocycles. The number of hydrogen-bond donors (Lipinski definition) is 3. The molecule has 0 aliphatic carbocycles. The van der Waals surface area contributed by atoms with Crippen LogP contribution in [0.4, 0.5) is 4.79 Å². The van der Waals surface area contributed by atoms with Gasteiger partial charge in [0.05, 0.1) is 6.04 Å². The van der Waals surface area contributed by atoms with Crippen LogP contribution in [0, 0.1) is 0 Å². The minimum atomic E-state index is -0.945. The minimum absolute atomic E-state index is 0.0994. The second-order valence-electron chi connectivity index (χ2n) is 10.2. The number of carbonyl (C=O) groups excluding carboxylic acids is 4. The largest absolute Gasteiger partial charge is 0.508 e. The number of phenols is 1. The summed E-state index contributed by atoms with van der Waals surface area (Å²) in [5.41, 5.74) is 0.510. The van der Waals surface area contributed by atoms with Crippen LogP contribution in [0.15, 0.2) is 54.6 Å². The van der Waals surface area contributed by atoms with Gasteiger partial charge in [-0.2, -0.15) is 0 Å². The Morgan fingerprint density at radius 1 is 1.03 bits per heavy atom. The average molecular weight is 510 g/mol. The van der Waals surface area contributed by atoms with Crippen LogP contribution >= 0.6 is 0 Å². The van der Waals surface area contributed by atoms with E-state index >= 15 is 0 Å². The summed E-state index contributed by atoms with van der Waals surface area (Å²) in [4.78, 5) is 53.2. The van der Waals surface area contributed by atoms with Crippen molar-refractivity contribution >= 4 is 23.7 Å². The molecule has 0 bridgehead atoms. The highest BCUT2D eigenvalue weighted by molar-refractivity contribution is 6.02. The lowest BCUT2D eigenvalue weighted by atomic mass is 9.97. The predicted molar refractivity (Wildman–Crippen MR) is 138 cm³/mol. The number of carbonyl (C=O) groups is 4. The normalized spacial score (nSPS) is 17.0. The fourth-order valence-electron chi connectivity index (χ4n) is 4.13. The molecule has 1 aliphatic heterocycles. The van der Waals surface area contributed by atoms with Crippen molar-refractivity contribution in [2.75, 3.05) is 6.54 Å². The molecular weight excluding hydrogens is 474 g/mol. The Labute approximate surface area is 217 Å². The molecule has 9 heteroatoms. The molecule has 3 atom stereocenters. The molecule has 1 fully saturated rings. The number of phenolic OH excluding ortho intramolecular Hbond substituents is 1. The monoisotopic (exact) mass is 509 g/mol. The van der Waals surface area contributed by atoms with Crippen LogP contribution in [0.2, 0.25) is 0 Å². The molecule has 0 aromatic heterocycles. The zero-order valence-corrected chi connectivity index (χ0v) is 21.7. The Bertz CT molecular complexity index is 1110. The maximum atomic E-state index is 13.2. The van der Waals surface area contributed by atoms with Gasteiger partial charge in [0.1, 0.15) is 23.4 Å². The van der Waals surface area contributed by atoms with E-state index in [0.717, 1.165) is 5.56 Å². The Morgan fingerprint density at radius 3 is 2.30 bits per heavy atom. The quantitative estimate of drug-likeness (QED) is 0.470. The van der Waals surface area contributed by atoms with Gasteiger partial charge >= 0.3 is 6.09 Å². The number of rotatable bonds is 8. The molecule has 1 aliphatic rings. The zero-order valence-electron chi connectivity index (χ0n) is 21.7. The van der Waals surface area contributed by atoms with Crippen molar-refractivity contribution in [2.45, 2.75) is 70.7 Å². The van der Waals surface area contributed by atoms with Crippen molar-refractivity contribution in [3.05, 3.63) is 65.7 Å². The lowest BCUT2D eigenvalue weighted by molar-refractivity contribution is -0.131. The third kappa shape index (κ3) is 7.80. The summed E-state index contributed by atoms with van der Waals surface area (Å²) in [6, 6.07) is 12.5. The van der Waals surface area contributed by atoms with E-state index in [1.807, 2.05) is 0 Å². The third-order valence-electron chi connectivity index (χ3n) is 6.00. The molecular formula is C28H35N3O6. The Balaban J connectivity index is 1.68. The Hall–Kier alpha value is -3.88. The number of aromatic hydroxyl groups is 1. The SMILES string of the molecule is CC(NC(=O)C1CCCN1C(=O)OC(C)(C)C)C(=O)NC(Cc1ccc(O)cc1)C(=O)c1ccccc1. The lowest BCUT2D eigenvalue weighted by Crippen LogP contribution is -2.54. The van der Waals surface area contributed by atoms with Crippen LogP contribution in [0.1, 0.15) is 56.5 Å². The van der Waals surface area contributed by atoms with Gasteiger partial charge in [-0.3, -0.25) is 19.3 Å². The summed E-state index contributed by atoms with van der Waals surface area (Å²) in [5, 5.41) is 15.0. The molecule has 1 heterocycles. The first-order valence-electron chi connectivity index (χ1n) is 12.4. The van der Waals surface area contributed by atoms with Crippen molar-refractivity contribution in [2.24, 2.45) is 0 Å². The molecule has 3 N–H and O–H groups in total. The van der Waals surface area contributed by atoms with Crippen molar-refractivity contribution in [3.8, 4) is 5.75 Å². The van der Waals surface area contributed by atoms with Gasteiger partial charge in [-0.25, -0.2) is 4.79 Å². The number of Topliss-reactive ketones (excluding diaryl/α,β-unsaturated/α-hetero) is 1. The van der Waals surface area contributed by atoms with Crippen LogP contribution in [-0.4, -0.2) is 64.0 Å². The van der Waals surface area contributed by atoms with Crippen LogP contribution in [0.5, 0.6) is 5.75 Å². The molecule has 3 rings (SSSR count). The highest BCUT2D eigenvalue weighted by atomic mass is 16.6. The summed E-state index contributed by atoms with van der Waals surface area (Å²) in [5.74, 6) is -1.14. The van der Waals surface area contributed by atoms with E-state index in [0.29, 0.717) is 24.9 Å². The van der Waals surface area contributed by atoms with Crippen molar-refractivity contribution in [1.29, 1.82) is 0 Å². The number of likely N-dealkylation sites (tertiary alicyclic amines) is 1. The molecule has 1 saturated heterocycles. The van der Waals surface area contributed by atoms with Crippen molar-refractivity contribution in [3.63, 3.8) is 0 Å². The maximum absolute atomic E-state index is 13.2. The third-order valence-corrected chi connectivity index (χ3v) is 6.00. The first-order chi connectivity index (χ1) is 17.4. The number of ketones is 1. The fourth-order valence-corrected chi connectivity index (χ4v) is 4.13. The molecule has 198 valence electrons. The smallest absolute Gasteiger partial charge is 0.410 e. The van der Waals surface area contributed by atoms with E-state index in [1.165, 1.54) is 24.0 Å². The van der Waals surface area contributed by atoms with E-state index in [-0.39, 0.29) is 18.0 Å². The first kappa shape index (κ1) is 27.7. The van der Waals surface area contributed by atoms with Crippen LogP contribution in [0.3, 0.4) is 0 Å². The summed E-state index contributed by atoms with van der Waals surface area (Å²) >= 11 is 0. The molecule has 2 aromatic rings. The minimum Gasteiger partial charge on any atom is -0.508 e. The Morgan fingerprint density at radius 2 is 1.68 bits per heavy atom. The summed E-state index contributed by atoms with van der Waals surface area (Å²) in [6.07, 6.45) is 0.757. The second kappa shape index (κ2) is 11.9. The van der Waals surface area contributed by atoms with E-state index < -0.39 is 41.6 Å². The standard InChI is InChI=1S/C28H35N3O6/c1-18(29-26(35)23-11-8-16-31(23)27(36)37-28(2,3)4)25(34)30-22(17-19-12-14-21(32)15-13-19)24(33)20-9-6-5-7-10-20/h5-7,9-10,12-15,18,22-23,32H,8,11,16-17H2,1-4H3,(H,29,35)(H,30,34). The van der Waals surface area contributed by atoms with Gasteiger partial charge < -0.3 is 20.5 Å². The van der Waals surface area contributed by atoms with Crippen LogP contribution in [0.25, 0.3) is 0 Å². The van der Waals surface area contributed by atoms with Gasteiger partial charge in [0, 0.05) is 18.5 Å².